The van der Waals surface area contributed by atoms with Gasteiger partial charge in [0.2, 0.25) is 0 Å². The van der Waals surface area contributed by atoms with Gasteiger partial charge in [0.1, 0.15) is 17.1 Å². The molecule has 0 spiro atoms. The quantitative estimate of drug-likeness (QED) is 0.700. The Morgan fingerprint density at radius 1 is 1.33 bits per heavy atom. The van der Waals surface area contributed by atoms with Crippen LogP contribution in [0.15, 0.2) is 41.0 Å². The van der Waals surface area contributed by atoms with Crippen molar-refractivity contribution < 1.29 is 9.53 Å². The zero-order chi connectivity index (χ0) is 13.1. The molecule has 0 atom stereocenters. The van der Waals surface area contributed by atoms with E-state index in [1.165, 1.54) is 0 Å². The van der Waals surface area contributed by atoms with Gasteiger partial charge in [-0.1, -0.05) is 15.9 Å². The molecule has 0 amide bonds. The summed E-state index contributed by atoms with van der Waals surface area (Å²) in [4.78, 5) is 11.9. The van der Waals surface area contributed by atoms with Gasteiger partial charge in [-0.05, 0) is 37.3 Å². The molecule has 0 aliphatic heterocycles. The lowest BCUT2D eigenvalue weighted by Crippen LogP contribution is -2.11. The average molecular weight is 309 g/mol. The number of rotatable bonds is 3. The van der Waals surface area contributed by atoms with Crippen LogP contribution < -0.4 is 10.5 Å². The molecule has 2 aromatic rings. The fourth-order valence-corrected chi connectivity index (χ4v) is 1.86. The first-order chi connectivity index (χ1) is 8.61. The number of hydrogen-bond donors (Lipinski definition) is 1. The minimum atomic E-state index is -0.443. The molecule has 0 radical (unpaired) electrons. The fourth-order valence-electron chi connectivity index (χ4n) is 1.60. The molecular formula is C13H13BrN2O2. The van der Waals surface area contributed by atoms with Crippen LogP contribution in [-0.4, -0.2) is 10.5 Å². The van der Waals surface area contributed by atoms with Crippen molar-refractivity contribution in [2.75, 3.05) is 5.73 Å². The highest BCUT2D eigenvalue weighted by atomic mass is 79.9. The van der Waals surface area contributed by atoms with E-state index in [1.807, 2.05) is 19.1 Å². The fraction of sp³-hybridized carbons (Fsp3) is 0.154. The maximum atomic E-state index is 11.9. The first-order valence-electron chi connectivity index (χ1n) is 5.54. The molecule has 1 heterocycles. The highest BCUT2D eigenvalue weighted by Gasteiger charge is 2.15. The van der Waals surface area contributed by atoms with Crippen LogP contribution in [0, 0.1) is 0 Å². The number of aromatic nitrogens is 1. The predicted octanol–water partition coefficient (Wildman–Crippen LogP) is 3.07. The largest absolute Gasteiger partial charge is 0.423 e. The standard InChI is InChI=1S/C13H13BrN2O2/c1-2-16-8-7-11(12(16)15)13(17)18-10-5-3-9(14)4-6-10/h3-8H,2,15H2,1H3. The predicted molar refractivity (Wildman–Crippen MR) is 73.6 cm³/mol. The SMILES string of the molecule is CCn1ccc(C(=O)Oc2ccc(Br)cc2)c1N. The number of nitrogens with zero attached hydrogens (tertiary/aromatic N) is 1. The highest BCUT2D eigenvalue weighted by molar-refractivity contribution is 9.10. The van der Waals surface area contributed by atoms with Crippen LogP contribution in [0.1, 0.15) is 17.3 Å². The Morgan fingerprint density at radius 2 is 2.00 bits per heavy atom. The van der Waals surface area contributed by atoms with Gasteiger partial charge >= 0.3 is 5.97 Å². The van der Waals surface area contributed by atoms with Crippen LogP contribution in [0.5, 0.6) is 5.75 Å². The Morgan fingerprint density at radius 3 is 2.56 bits per heavy atom. The average Bonchev–Trinajstić information content (AvgIpc) is 2.73. The summed E-state index contributed by atoms with van der Waals surface area (Å²) < 4.78 is 7.96. The molecule has 0 aliphatic rings. The number of hydrogen-bond acceptors (Lipinski definition) is 3. The van der Waals surface area contributed by atoms with Gasteiger partial charge in [-0.3, -0.25) is 0 Å². The molecule has 94 valence electrons. The topological polar surface area (TPSA) is 57.2 Å². The summed E-state index contributed by atoms with van der Waals surface area (Å²) in [5.41, 5.74) is 6.24. The van der Waals surface area contributed by atoms with Gasteiger partial charge in [-0.25, -0.2) is 4.79 Å². The third-order valence-electron chi connectivity index (χ3n) is 2.59. The number of carbonyl (C=O) groups is 1. The maximum absolute atomic E-state index is 11.9. The van der Waals surface area contributed by atoms with Gasteiger partial charge in [0.25, 0.3) is 0 Å². The third kappa shape index (κ3) is 2.56. The second kappa shape index (κ2) is 5.27. The summed E-state index contributed by atoms with van der Waals surface area (Å²) >= 11 is 3.32. The Balaban J connectivity index is 2.16. The smallest absolute Gasteiger partial charge is 0.347 e. The van der Waals surface area contributed by atoms with Crippen LogP contribution in [0.25, 0.3) is 0 Å². The first kappa shape index (κ1) is 12.7. The van der Waals surface area contributed by atoms with Gasteiger partial charge in [-0.15, -0.1) is 0 Å². The van der Waals surface area contributed by atoms with Gasteiger partial charge in [0, 0.05) is 17.2 Å². The number of benzene rings is 1. The lowest BCUT2D eigenvalue weighted by molar-refractivity contribution is 0.0736. The second-order valence-electron chi connectivity index (χ2n) is 3.74. The molecule has 4 nitrogen and oxygen atoms in total. The van der Waals surface area contributed by atoms with E-state index < -0.39 is 5.97 Å². The van der Waals surface area contributed by atoms with Crippen molar-refractivity contribution in [2.45, 2.75) is 13.5 Å². The van der Waals surface area contributed by atoms with E-state index in [0.29, 0.717) is 17.1 Å². The van der Waals surface area contributed by atoms with Gasteiger partial charge in [0.05, 0.1) is 0 Å². The molecule has 0 aliphatic carbocycles. The number of nitrogens with two attached hydrogens (primary N) is 1. The van der Waals surface area contributed by atoms with Crippen molar-refractivity contribution in [2.24, 2.45) is 0 Å². The number of nitrogen functional groups attached to an aromatic ring is 1. The van der Waals surface area contributed by atoms with Crippen molar-refractivity contribution in [3.8, 4) is 5.75 Å². The zero-order valence-corrected chi connectivity index (χ0v) is 11.5. The summed E-state index contributed by atoms with van der Waals surface area (Å²) in [7, 11) is 0. The van der Waals surface area contributed by atoms with Crippen LogP contribution in [-0.2, 0) is 6.54 Å². The molecule has 0 saturated carbocycles. The minimum absolute atomic E-state index is 0.389. The van der Waals surface area contributed by atoms with Crippen molar-refractivity contribution in [3.63, 3.8) is 0 Å². The molecule has 1 aromatic carbocycles. The molecule has 2 rings (SSSR count). The number of esters is 1. The molecule has 5 heteroatoms. The number of anilines is 1. The summed E-state index contributed by atoms with van der Waals surface area (Å²) in [6.07, 6.45) is 1.77. The number of ether oxygens (including phenoxy) is 1. The second-order valence-corrected chi connectivity index (χ2v) is 4.66. The highest BCUT2D eigenvalue weighted by Crippen LogP contribution is 2.20. The van der Waals surface area contributed by atoms with Crippen LogP contribution in [0.3, 0.4) is 0 Å². The maximum Gasteiger partial charge on any atom is 0.347 e. The molecule has 1 aromatic heterocycles. The van der Waals surface area contributed by atoms with E-state index in [1.54, 1.807) is 29.0 Å². The van der Waals surface area contributed by atoms with E-state index in [2.05, 4.69) is 15.9 Å². The van der Waals surface area contributed by atoms with Crippen molar-refractivity contribution in [1.82, 2.24) is 4.57 Å². The minimum Gasteiger partial charge on any atom is -0.423 e. The molecule has 0 unspecified atom stereocenters. The normalized spacial score (nSPS) is 10.3. The van der Waals surface area contributed by atoms with E-state index in [0.717, 1.165) is 11.0 Å². The summed E-state index contributed by atoms with van der Waals surface area (Å²) in [5, 5.41) is 0. The van der Waals surface area contributed by atoms with Crippen LogP contribution in [0.4, 0.5) is 5.82 Å². The van der Waals surface area contributed by atoms with E-state index >= 15 is 0 Å². The molecular weight excluding hydrogens is 296 g/mol. The van der Waals surface area contributed by atoms with Gasteiger partial charge in [-0.2, -0.15) is 0 Å². The lowest BCUT2D eigenvalue weighted by Gasteiger charge is -2.05. The van der Waals surface area contributed by atoms with Gasteiger partial charge < -0.3 is 15.0 Å². The number of halogens is 1. The monoisotopic (exact) mass is 308 g/mol. The number of aryl methyl sites for hydroxylation is 1. The van der Waals surface area contributed by atoms with E-state index in [-0.39, 0.29) is 0 Å². The summed E-state index contributed by atoms with van der Waals surface area (Å²) in [6, 6.07) is 8.72. The molecule has 2 N–H and O–H groups in total. The Hall–Kier alpha value is -1.75. The molecule has 0 saturated heterocycles. The first-order valence-corrected chi connectivity index (χ1v) is 6.33. The molecule has 0 bridgehead atoms. The number of carbonyl (C=O) groups excluding carboxylic acids is 1. The lowest BCUT2D eigenvalue weighted by atomic mass is 10.3. The Labute approximate surface area is 113 Å². The molecule has 18 heavy (non-hydrogen) atoms. The van der Waals surface area contributed by atoms with E-state index in [4.69, 9.17) is 10.5 Å². The third-order valence-corrected chi connectivity index (χ3v) is 3.12. The Kier molecular flexibility index (Phi) is 3.72. The Bertz CT molecular complexity index is 561. The van der Waals surface area contributed by atoms with Crippen LogP contribution >= 0.6 is 15.9 Å². The van der Waals surface area contributed by atoms with Gasteiger partial charge in [0.15, 0.2) is 0 Å². The van der Waals surface area contributed by atoms with Crippen molar-refractivity contribution >= 4 is 27.7 Å². The summed E-state index contributed by atoms with van der Waals surface area (Å²) in [5.74, 6) is 0.480. The van der Waals surface area contributed by atoms with Crippen molar-refractivity contribution in [3.05, 3.63) is 46.6 Å². The van der Waals surface area contributed by atoms with Crippen molar-refractivity contribution in [1.29, 1.82) is 0 Å². The van der Waals surface area contributed by atoms with Crippen LogP contribution in [0.2, 0.25) is 0 Å². The zero-order valence-electron chi connectivity index (χ0n) is 9.89. The van der Waals surface area contributed by atoms with E-state index in [9.17, 15) is 4.79 Å². The molecule has 0 fully saturated rings. The summed E-state index contributed by atoms with van der Waals surface area (Å²) in [6.45, 7) is 2.68.